The van der Waals surface area contributed by atoms with Gasteiger partial charge in [-0.15, -0.1) is 0 Å². The lowest BCUT2D eigenvalue weighted by Crippen LogP contribution is -2.25. The first-order chi connectivity index (χ1) is 9.67. The summed E-state index contributed by atoms with van der Waals surface area (Å²) in [6.45, 7) is 14.5. The van der Waals surface area contributed by atoms with Crippen LogP contribution in [0.2, 0.25) is 0 Å². The van der Waals surface area contributed by atoms with Gasteiger partial charge in [-0.3, -0.25) is 4.90 Å². The molecule has 114 valence electrons. The second-order valence-electron chi connectivity index (χ2n) is 6.02. The molecule has 1 N–H and O–H groups in total. The number of benzene rings is 1. The molecule has 0 heterocycles. The monoisotopic (exact) mass is 276 g/mol. The van der Waals surface area contributed by atoms with Crippen molar-refractivity contribution in [2.75, 3.05) is 19.6 Å². The largest absolute Gasteiger partial charge is 0.312 e. The van der Waals surface area contributed by atoms with E-state index >= 15 is 0 Å². The van der Waals surface area contributed by atoms with Gasteiger partial charge in [-0.1, -0.05) is 58.4 Å². The summed E-state index contributed by atoms with van der Waals surface area (Å²) in [6.07, 6.45) is 2.57. The Morgan fingerprint density at radius 3 is 2.40 bits per heavy atom. The van der Waals surface area contributed by atoms with Crippen molar-refractivity contribution in [3.05, 3.63) is 35.4 Å². The molecule has 20 heavy (non-hydrogen) atoms. The highest BCUT2D eigenvalue weighted by molar-refractivity contribution is 5.27. The van der Waals surface area contributed by atoms with Crippen molar-refractivity contribution in [1.29, 1.82) is 0 Å². The van der Waals surface area contributed by atoms with Gasteiger partial charge in [0.25, 0.3) is 0 Å². The van der Waals surface area contributed by atoms with Crippen LogP contribution >= 0.6 is 0 Å². The number of nitrogens with zero attached hydrogens (tertiary/aromatic N) is 1. The lowest BCUT2D eigenvalue weighted by Gasteiger charge is -2.22. The zero-order chi connectivity index (χ0) is 14.8. The van der Waals surface area contributed by atoms with E-state index in [-0.39, 0.29) is 0 Å². The van der Waals surface area contributed by atoms with E-state index in [0.717, 1.165) is 26.2 Å². The van der Waals surface area contributed by atoms with Gasteiger partial charge in [-0.2, -0.15) is 0 Å². The lowest BCUT2D eigenvalue weighted by molar-refractivity contribution is 0.274. The molecule has 0 saturated heterocycles. The first-order valence-electron chi connectivity index (χ1n) is 8.17. The molecule has 0 aliphatic heterocycles. The molecule has 1 aromatic rings. The summed E-state index contributed by atoms with van der Waals surface area (Å²) >= 11 is 0. The minimum absolute atomic E-state index is 0.707. The van der Waals surface area contributed by atoms with E-state index in [4.69, 9.17) is 0 Å². The van der Waals surface area contributed by atoms with E-state index < -0.39 is 0 Å². The van der Waals surface area contributed by atoms with Crippen LogP contribution in [0.5, 0.6) is 0 Å². The summed E-state index contributed by atoms with van der Waals surface area (Å²) < 4.78 is 0. The number of hydrogen-bond acceptors (Lipinski definition) is 2. The topological polar surface area (TPSA) is 15.3 Å². The summed E-state index contributed by atoms with van der Waals surface area (Å²) in [5.41, 5.74) is 2.92. The lowest BCUT2D eigenvalue weighted by atomic mass is 10.1. The van der Waals surface area contributed by atoms with Crippen molar-refractivity contribution in [3.8, 4) is 0 Å². The maximum Gasteiger partial charge on any atom is 0.0236 e. The highest BCUT2D eigenvalue weighted by Gasteiger charge is 2.07. The summed E-state index contributed by atoms with van der Waals surface area (Å²) in [7, 11) is 0. The van der Waals surface area contributed by atoms with Gasteiger partial charge in [-0.05, 0) is 43.1 Å². The maximum atomic E-state index is 3.56. The Labute approximate surface area is 125 Å². The van der Waals surface area contributed by atoms with Gasteiger partial charge in [0, 0.05) is 13.1 Å². The van der Waals surface area contributed by atoms with E-state index in [2.05, 4.69) is 62.2 Å². The molecule has 0 atom stereocenters. The molecule has 0 aliphatic carbocycles. The van der Waals surface area contributed by atoms with Gasteiger partial charge in [-0.25, -0.2) is 0 Å². The predicted molar refractivity (Wildman–Crippen MR) is 88.8 cm³/mol. The van der Waals surface area contributed by atoms with E-state index in [9.17, 15) is 0 Å². The SMILES string of the molecule is CCCCN(CC)Cc1ccccc1CNCC(C)C. The zero-order valence-electron chi connectivity index (χ0n) is 13.8. The van der Waals surface area contributed by atoms with Crippen LogP contribution in [0.3, 0.4) is 0 Å². The summed E-state index contributed by atoms with van der Waals surface area (Å²) in [6, 6.07) is 8.85. The zero-order valence-corrected chi connectivity index (χ0v) is 13.8. The third kappa shape index (κ3) is 6.53. The Bertz CT molecular complexity index is 360. The molecule has 0 aromatic heterocycles. The van der Waals surface area contributed by atoms with Gasteiger partial charge < -0.3 is 5.32 Å². The van der Waals surface area contributed by atoms with Crippen LogP contribution in [0, 0.1) is 5.92 Å². The number of hydrogen-bond donors (Lipinski definition) is 1. The molecule has 0 unspecified atom stereocenters. The highest BCUT2D eigenvalue weighted by atomic mass is 15.1. The van der Waals surface area contributed by atoms with Crippen molar-refractivity contribution in [1.82, 2.24) is 10.2 Å². The predicted octanol–water partition coefficient (Wildman–Crippen LogP) is 4.05. The molecule has 0 bridgehead atoms. The average Bonchev–Trinajstić information content (AvgIpc) is 2.44. The van der Waals surface area contributed by atoms with Crippen LogP contribution < -0.4 is 5.32 Å². The second-order valence-corrected chi connectivity index (χ2v) is 6.02. The Morgan fingerprint density at radius 1 is 1.10 bits per heavy atom. The molecular weight excluding hydrogens is 244 g/mol. The normalized spacial score (nSPS) is 11.5. The maximum absolute atomic E-state index is 3.56. The number of rotatable bonds is 10. The molecule has 1 aromatic carbocycles. The third-order valence-corrected chi connectivity index (χ3v) is 3.66. The molecule has 0 fully saturated rings. The highest BCUT2D eigenvalue weighted by Crippen LogP contribution is 2.12. The van der Waals surface area contributed by atoms with Crippen LogP contribution in [0.4, 0.5) is 0 Å². The van der Waals surface area contributed by atoms with Crippen LogP contribution in [-0.4, -0.2) is 24.5 Å². The van der Waals surface area contributed by atoms with E-state index in [0.29, 0.717) is 5.92 Å². The van der Waals surface area contributed by atoms with E-state index in [1.807, 2.05) is 0 Å². The molecule has 0 spiro atoms. The minimum atomic E-state index is 0.707. The quantitative estimate of drug-likeness (QED) is 0.693. The summed E-state index contributed by atoms with van der Waals surface area (Å²) in [4.78, 5) is 2.55. The fourth-order valence-corrected chi connectivity index (χ4v) is 2.35. The van der Waals surface area contributed by atoms with E-state index in [1.54, 1.807) is 0 Å². The van der Waals surface area contributed by atoms with Gasteiger partial charge >= 0.3 is 0 Å². The standard InChI is InChI=1S/C18H32N2/c1-5-7-12-20(6-2)15-18-11-9-8-10-17(18)14-19-13-16(3)4/h8-11,16,19H,5-7,12-15H2,1-4H3. The molecule has 0 saturated carbocycles. The second kappa shape index (κ2) is 9.95. The number of nitrogens with one attached hydrogen (secondary N) is 1. The first kappa shape index (κ1) is 17.2. The third-order valence-electron chi connectivity index (χ3n) is 3.66. The summed E-state index contributed by atoms with van der Waals surface area (Å²) in [5, 5.41) is 3.56. The van der Waals surface area contributed by atoms with Crippen molar-refractivity contribution in [3.63, 3.8) is 0 Å². The van der Waals surface area contributed by atoms with Crippen molar-refractivity contribution in [2.45, 2.75) is 53.6 Å². The molecule has 1 rings (SSSR count). The van der Waals surface area contributed by atoms with Crippen LogP contribution in [-0.2, 0) is 13.1 Å². The molecule has 0 radical (unpaired) electrons. The molecule has 2 heteroatoms. The van der Waals surface area contributed by atoms with Crippen molar-refractivity contribution < 1.29 is 0 Å². The van der Waals surface area contributed by atoms with Gasteiger partial charge in [0.1, 0.15) is 0 Å². The first-order valence-corrected chi connectivity index (χ1v) is 8.17. The Balaban J connectivity index is 2.59. The van der Waals surface area contributed by atoms with Crippen molar-refractivity contribution >= 4 is 0 Å². The van der Waals surface area contributed by atoms with Gasteiger partial charge in [0.15, 0.2) is 0 Å². The molecule has 0 aliphatic rings. The van der Waals surface area contributed by atoms with Crippen LogP contribution in [0.25, 0.3) is 0 Å². The van der Waals surface area contributed by atoms with Crippen LogP contribution in [0.15, 0.2) is 24.3 Å². The molecular formula is C18H32N2. The average molecular weight is 276 g/mol. The van der Waals surface area contributed by atoms with E-state index in [1.165, 1.54) is 30.5 Å². The summed E-state index contributed by atoms with van der Waals surface area (Å²) in [5.74, 6) is 0.707. The fraction of sp³-hybridized carbons (Fsp3) is 0.667. The smallest absolute Gasteiger partial charge is 0.0236 e. The van der Waals surface area contributed by atoms with Gasteiger partial charge in [0.05, 0.1) is 0 Å². The van der Waals surface area contributed by atoms with Crippen LogP contribution in [0.1, 0.15) is 51.7 Å². The Hall–Kier alpha value is -0.860. The Kier molecular flexibility index (Phi) is 8.56. The Morgan fingerprint density at radius 2 is 1.80 bits per heavy atom. The molecule has 0 amide bonds. The minimum Gasteiger partial charge on any atom is -0.312 e. The molecule has 2 nitrogen and oxygen atoms in total. The van der Waals surface area contributed by atoms with Crippen molar-refractivity contribution in [2.24, 2.45) is 5.92 Å². The number of unbranched alkanes of at least 4 members (excludes halogenated alkanes) is 1. The van der Waals surface area contributed by atoms with Gasteiger partial charge in [0.2, 0.25) is 0 Å². The fourth-order valence-electron chi connectivity index (χ4n) is 2.35.